The van der Waals surface area contributed by atoms with Gasteiger partial charge in [0, 0.05) is 29.8 Å². The summed E-state index contributed by atoms with van der Waals surface area (Å²) < 4.78 is 4.69. The number of thioether (sulfide) groups is 1. The summed E-state index contributed by atoms with van der Waals surface area (Å²) >= 11 is 1.17. The van der Waals surface area contributed by atoms with Crippen molar-refractivity contribution in [1.29, 1.82) is 0 Å². The van der Waals surface area contributed by atoms with Crippen LogP contribution in [-0.2, 0) is 19.1 Å². The molecule has 13 nitrogen and oxygen atoms in total. The van der Waals surface area contributed by atoms with E-state index in [4.69, 9.17) is 10.5 Å². The number of carboxylic acid groups (broad SMARTS) is 1. The number of aliphatic carboxylic acids is 1. The second kappa shape index (κ2) is 10.6. The largest absolute Gasteiger partial charge is 0.477 e. The van der Waals surface area contributed by atoms with E-state index in [9.17, 15) is 33.9 Å². The minimum atomic E-state index is -1.39. The van der Waals surface area contributed by atoms with E-state index in [1.165, 1.54) is 30.2 Å². The highest BCUT2D eigenvalue weighted by atomic mass is 32.2. The first-order valence-corrected chi connectivity index (χ1v) is 11.9. The average Bonchev–Trinajstić information content (AvgIpc) is 2.88. The maximum Gasteiger partial charge on any atom is 0.404 e. The van der Waals surface area contributed by atoms with Gasteiger partial charge in [0.15, 0.2) is 5.43 Å². The number of H-pyrrole nitrogens is 1. The number of aromatic amines is 1. The minimum absolute atomic E-state index is 0.116. The van der Waals surface area contributed by atoms with Gasteiger partial charge < -0.3 is 31.2 Å². The van der Waals surface area contributed by atoms with Crippen LogP contribution in [0.2, 0.25) is 0 Å². The number of nitrogens with two attached hydrogens (primary N) is 1. The van der Waals surface area contributed by atoms with Crippen molar-refractivity contribution < 1.29 is 33.8 Å². The van der Waals surface area contributed by atoms with E-state index in [-0.39, 0.29) is 22.6 Å². The van der Waals surface area contributed by atoms with E-state index in [1.807, 2.05) is 0 Å². The highest BCUT2D eigenvalue weighted by Crippen LogP contribution is 2.40. The molecule has 1 aromatic heterocycles. The number of hydrogen-bond donors (Lipinski definition) is 5. The lowest BCUT2D eigenvalue weighted by Crippen LogP contribution is -2.71. The molecule has 14 heteroatoms. The van der Waals surface area contributed by atoms with E-state index in [2.05, 4.69) is 15.6 Å². The lowest BCUT2D eigenvalue weighted by Gasteiger charge is -2.49. The van der Waals surface area contributed by atoms with Gasteiger partial charge in [0.1, 0.15) is 35.3 Å². The SMILES string of the molecule is NC(=O)OCC1=C(C(=O)O)N2C(=O)C(NC(=O)C(NC(=O)c3c[nH]ccc3=O)c3ccccc3)[C@@H]2SC1. The Morgan fingerprint density at radius 2 is 1.92 bits per heavy atom. The standard InChI is InChI=1S/C23H21N5O8S/c24-23(35)36-9-12-10-37-21-16(20(32)28(21)17(12)22(33)34)27-19(31)15(11-4-2-1-3-5-11)26-18(30)13-8-25-7-6-14(13)29/h1-8,15-16,21H,9-10H2,(H2,24,35)(H,25,29)(H,26,30)(H,27,31)(H,33,34)/t15?,16?,21-/m0/s1. The van der Waals surface area contributed by atoms with Gasteiger partial charge in [0.2, 0.25) is 5.91 Å². The lowest BCUT2D eigenvalue weighted by atomic mass is 10.0. The molecular weight excluding hydrogens is 506 g/mol. The topological polar surface area (TPSA) is 201 Å². The summed E-state index contributed by atoms with van der Waals surface area (Å²) in [5.74, 6) is -3.49. The van der Waals surface area contributed by atoms with Gasteiger partial charge in [-0.3, -0.25) is 24.1 Å². The van der Waals surface area contributed by atoms with Crippen LogP contribution in [0.3, 0.4) is 0 Å². The summed E-state index contributed by atoms with van der Waals surface area (Å²) in [6, 6.07) is 7.07. The zero-order chi connectivity index (χ0) is 26.7. The quantitative estimate of drug-likeness (QED) is 0.285. The second-order valence-corrected chi connectivity index (χ2v) is 9.11. The number of ether oxygens (including phenoxy) is 1. The Hall–Kier alpha value is -4.59. The van der Waals surface area contributed by atoms with E-state index in [1.54, 1.807) is 30.3 Å². The first kappa shape index (κ1) is 25.5. The molecule has 2 aromatic rings. The number of primary amides is 1. The molecule has 1 aromatic carbocycles. The number of pyridine rings is 1. The molecule has 2 aliphatic rings. The third-order valence-corrected chi connectivity index (χ3v) is 7.02. The lowest BCUT2D eigenvalue weighted by molar-refractivity contribution is -0.151. The van der Waals surface area contributed by atoms with Crippen LogP contribution < -0.4 is 21.8 Å². The Balaban J connectivity index is 1.54. The molecule has 0 spiro atoms. The molecule has 2 aliphatic heterocycles. The summed E-state index contributed by atoms with van der Waals surface area (Å²) in [6.45, 7) is -0.391. The summed E-state index contributed by atoms with van der Waals surface area (Å²) in [5.41, 5.74) is 4.46. The molecule has 192 valence electrons. The number of carboxylic acids is 1. The van der Waals surface area contributed by atoms with Gasteiger partial charge in [0.25, 0.3) is 11.8 Å². The Kier molecular flexibility index (Phi) is 7.29. The van der Waals surface area contributed by atoms with Crippen LogP contribution in [0.5, 0.6) is 0 Å². The summed E-state index contributed by atoms with van der Waals surface area (Å²) in [7, 11) is 0. The third-order valence-electron chi connectivity index (χ3n) is 5.68. The summed E-state index contributed by atoms with van der Waals surface area (Å²) in [5, 5.41) is 14.0. The maximum absolute atomic E-state index is 13.3. The predicted molar refractivity (Wildman–Crippen MR) is 129 cm³/mol. The fraction of sp³-hybridized carbons (Fsp3) is 0.217. The number of benzene rings is 1. The third kappa shape index (κ3) is 5.18. The molecule has 4 rings (SSSR count). The van der Waals surface area contributed by atoms with Crippen LogP contribution in [0.25, 0.3) is 0 Å². The van der Waals surface area contributed by atoms with Crippen molar-refractivity contribution in [1.82, 2.24) is 20.5 Å². The number of β-lactam (4-membered cyclic amide) rings is 1. The van der Waals surface area contributed by atoms with Crippen molar-refractivity contribution in [3.05, 3.63) is 81.4 Å². The minimum Gasteiger partial charge on any atom is -0.477 e. The van der Waals surface area contributed by atoms with Crippen LogP contribution >= 0.6 is 11.8 Å². The molecule has 0 bridgehead atoms. The summed E-state index contributed by atoms with van der Waals surface area (Å²) in [6.07, 6.45) is 1.49. The molecule has 3 heterocycles. The zero-order valence-electron chi connectivity index (χ0n) is 19.0. The van der Waals surface area contributed by atoms with E-state index < -0.39 is 59.3 Å². The monoisotopic (exact) mass is 527 g/mol. The van der Waals surface area contributed by atoms with E-state index in [0.717, 1.165) is 4.90 Å². The molecule has 0 saturated carbocycles. The highest BCUT2D eigenvalue weighted by molar-refractivity contribution is 8.00. The number of carbonyl (C=O) groups is 5. The van der Waals surface area contributed by atoms with Gasteiger partial charge in [-0.2, -0.15) is 0 Å². The Morgan fingerprint density at radius 3 is 2.57 bits per heavy atom. The first-order valence-electron chi connectivity index (χ1n) is 10.8. The molecule has 1 fully saturated rings. The predicted octanol–water partition coefficient (Wildman–Crippen LogP) is -0.320. The zero-order valence-corrected chi connectivity index (χ0v) is 19.8. The van der Waals surface area contributed by atoms with Gasteiger partial charge in [-0.05, 0) is 5.56 Å². The van der Waals surface area contributed by atoms with Crippen LogP contribution in [-0.4, -0.2) is 68.5 Å². The van der Waals surface area contributed by atoms with Crippen molar-refractivity contribution in [2.45, 2.75) is 17.5 Å². The normalized spacial score (nSPS) is 19.2. The maximum atomic E-state index is 13.3. The number of hydrogen-bond acceptors (Lipinski definition) is 8. The molecule has 37 heavy (non-hydrogen) atoms. The smallest absolute Gasteiger partial charge is 0.404 e. The summed E-state index contributed by atoms with van der Waals surface area (Å²) in [4.78, 5) is 77.5. The molecule has 2 unspecified atom stereocenters. The van der Waals surface area contributed by atoms with Gasteiger partial charge >= 0.3 is 12.1 Å². The Morgan fingerprint density at radius 1 is 1.19 bits per heavy atom. The Labute approximate surface area is 213 Å². The molecule has 3 atom stereocenters. The fourth-order valence-electron chi connectivity index (χ4n) is 3.94. The van der Waals surface area contributed by atoms with Gasteiger partial charge in [-0.25, -0.2) is 9.59 Å². The number of carbonyl (C=O) groups excluding carboxylic acids is 4. The molecule has 0 radical (unpaired) electrons. The average molecular weight is 528 g/mol. The van der Waals surface area contributed by atoms with Crippen LogP contribution in [0.1, 0.15) is 22.0 Å². The number of nitrogens with one attached hydrogen (secondary N) is 3. The van der Waals surface area contributed by atoms with Gasteiger partial charge in [0.05, 0.1) is 0 Å². The van der Waals surface area contributed by atoms with Crippen LogP contribution in [0, 0.1) is 0 Å². The first-order chi connectivity index (χ1) is 17.7. The van der Waals surface area contributed by atoms with Crippen molar-refractivity contribution in [3.8, 4) is 0 Å². The van der Waals surface area contributed by atoms with Crippen molar-refractivity contribution >= 4 is 41.5 Å². The number of aromatic nitrogens is 1. The van der Waals surface area contributed by atoms with Gasteiger partial charge in [-0.1, -0.05) is 30.3 Å². The number of amides is 4. The number of rotatable bonds is 8. The molecule has 6 N–H and O–H groups in total. The van der Waals surface area contributed by atoms with Gasteiger partial charge in [-0.15, -0.1) is 11.8 Å². The van der Waals surface area contributed by atoms with Crippen LogP contribution in [0.4, 0.5) is 4.79 Å². The Bertz CT molecular complexity index is 1360. The molecule has 1 saturated heterocycles. The fourth-order valence-corrected chi connectivity index (χ4v) is 5.26. The van der Waals surface area contributed by atoms with Crippen molar-refractivity contribution in [2.24, 2.45) is 5.73 Å². The highest BCUT2D eigenvalue weighted by Gasteiger charge is 2.54. The van der Waals surface area contributed by atoms with E-state index >= 15 is 0 Å². The van der Waals surface area contributed by atoms with Crippen molar-refractivity contribution in [3.63, 3.8) is 0 Å². The molecular formula is C23H21N5O8S. The van der Waals surface area contributed by atoms with Crippen LogP contribution in [0.15, 0.2) is 64.9 Å². The second-order valence-electron chi connectivity index (χ2n) is 8.00. The molecule has 0 aliphatic carbocycles. The van der Waals surface area contributed by atoms with E-state index in [0.29, 0.717) is 5.56 Å². The number of nitrogens with zero attached hydrogens (tertiary/aromatic N) is 1. The van der Waals surface area contributed by atoms with Crippen molar-refractivity contribution in [2.75, 3.05) is 12.4 Å². The molecule has 4 amide bonds. The number of fused-ring (bicyclic) bond motifs is 1.